The summed E-state index contributed by atoms with van der Waals surface area (Å²) in [5.41, 5.74) is 0. The fourth-order valence-electron chi connectivity index (χ4n) is 1.54. The molecule has 1 aliphatic rings. The first-order valence-electron chi connectivity index (χ1n) is 4.26. The van der Waals surface area contributed by atoms with E-state index in [1.165, 1.54) is 4.90 Å². The molecule has 1 amide bonds. The molecule has 0 spiro atoms. The summed E-state index contributed by atoms with van der Waals surface area (Å²) in [4.78, 5) is 23.5. The van der Waals surface area contributed by atoms with E-state index in [0.717, 1.165) is 0 Å². The van der Waals surface area contributed by atoms with Crippen LogP contribution < -0.4 is 0 Å². The lowest BCUT2D eigenvalue weighted by atomic mass is 10.2. The van der Waals surface area contributed by atoms with Crippen molar-refractivity contribution in [3.63, 3.8) is 0 Å². The van der Waals surface area contributed by atoms with E-state index < -0.39 is 12.0 Å². The van der Waals surface area contributed by atoms with E-state index >= 15 is 0 Å². The van der Waals surface area contributed by atoms with E-state index in [0.29, 0.717) is 19.4 Å². The molecule has 1 heterocycles. The molecule has 4 nitrogen and oxygen atoms in total. The molecule has 13 heavy (non-hydrogen) atoms. The number of amides is 1. The zero-order chi connectivity index (χ0) is 10.0. The number of carboxylic acid groups (broad SMARTS) is 1. The predicted molar refractivity (Wildman–Crippen MR) is 50.8 cm³/mol. The Morgan fingerprint density at radius 1 is 1.85 bits per heavy atom. The number of thiol groups is 1. The molecule has 1 unspecified atom stereocenters. The third-order valence-corrected chi connectivity index (χ3v) is 2.53. The molecule has 0 aliphatic carbocycles. The number of nitrogens with zero attached hydrogens (tertiary/aromatic N) is 1. The van der Waals surface area contributed by atoms with Gasteiger partial charge in [-0.05, 0) is 6.42 Å². The molecule has 0 saturated carbocycles. The highest BCUT2D eigenvalue weighted by atomic mass is 32.1. The van der Waals surface area contributed by atoms with Gasteiger partial charge in [-0.15, -0.1) is 0 Å². The monoisotopic (exact) mass is 203 g/mol. The smallest absolute Gasteiger partial charge is 0.326 e. The summed E-state index contributed by atoms with van der Waals surface area (Å²) in [7, 11) is 0. The van der Waals surface area contributed by atoms with Crippen LogP contribution in [0.15, 0.2) is 0 Å². The van der Waals surface area contributed by atoms with Gasteiger partial charge in [0, 0.05) is 18.2 Å². The van der Waals surface area contributed by atoms with Gasteiger partial charge >= 0.3 is 5.97 Å². The number of hydrogen-bond acceptors (Lipinski definition) is 3. The predicted octanol–water partition coefficient (Wildman–Crippen LogP) is 0.380. The minimum Gasteiger partial charge on any atom is -0.480 e. The first-order chi connectivity index (χ1) is 6.06. The van der Waals surface area contributed by atoms with Crippen molar-refractivity contribution in [1.29, 1.82) is 0 Å². The summed E-state index contributed by atoms with van der Waals surface area (Å²) >= 11 is 4.16. The van der Waals surface area contributed by atoms with Crippen LogP contribution in [0.3, 0.4) is 0 Å². The third kappa shape index (κ3) is 2.15. The summed E-state index contributed by atoms with van der Waals surface area (Å²) < 4.78 is 0. The lowest BCUT2D eigenvalue weighted by Crippen LogP contribution is -2.41. The third-order valence-electron chi connectivity index (χ3n) is 2.19. The summed E-state index contributed by atoms with van der Waals surface area (Å²) in [6, 6.07) is -0.676. The van der Waals surface area contributed by atoms with Gasteiger partial charge in [-0.3, -0.25) is 4.79 Å². The van der Waals surface area contributed by atoms with Crippen molar-refractivity contribution in [2.75, 3.05) is 6.54 Å². The Labute approximate surface area is 82.3 Å². The van der Waals surface area contributed by atoms with E-state index in [9.17, 15) is 9.59 Å². The molecule has 0 bridgehead atoms. The van der Waals surface area contributed by atoms with Gasteiger partial charge in [0.1, 0.15) is 6.04 Å². The zero-order valence-corrected chi connectivity index (χ0v) is 8.33. The van der Waals surface area contributed by atoms with Gasteiger partial charge in [0.15, 0.2) is 0 Å². The highest BCUT2D eigenvalue weighted by Crippen LogP contribution is 2.19. The van der Waals surface area contributed by atoms with Crippen molar-refractivity contribution in [2.24, 2.45) is 0 Å². The molecule has 1 aliphatic heterocycles. The van der Waals surface area contributed by atoms with E-state index in [1.54, 1.807) is 6.92 Å². The maximum absolute atomic E-state index is 11.3. The summed E-state index contributed by atoms with van der Waals surface area (Å²) in [6.07, 6.45) is 0.800. The Balaban J connectivity index is 2.69. The Hall–Kier alpha value is -0.710. The quantitative estimate of drug-likeness (QED) is 0.652. The first-order valence-corrected chi connectivity index (χ1v) is 4.78. The molecule has 0 aromatic carbocycles. The van der Waals surface area contributed by atoms with E-state index in [2.05, 4.69) is 12.6 Å². The molecule has 2 atom stereocenters. The van der Waals surface area contributed by atoms with Crippen LogP contribution in [0.1, 0.15) is 19.8 Å². The van der Waals surface area contributed by atoms with Gasteiger partial charge in [0.2, 0.25) is 5.91 Å². The highest BCUT2D eigenvalue weighted by Gasteiger charge is 2.35. The Bertz CT molecular complexity index is 231. The highest BCUT2D eigenvalue weighted by molar-refractivity contribution is 7.81. The number of likely N-dealkylation sites (tertiary alicyclic amines) is 1. The molecule has 1 saturated heterocycles. The standard InChI is InChI=1S/C8H13NO3S/c1-2-6(8(11)12)9-4-5(13)3-7(9)10/h5-6,13H,2-4H2,1H3,(H,11,12)/t5?,6-/m0/s1. The number of carbonyl (C=O) groups is 2. The molecule has 0 radical (unpaired) electrons. The van der Waals surface area contributed by atoms with Crippen molar-refractivity contribution in [3.05, 3.63) is 0 Å². The van der Waals surface area contributed by atoms with Crippen LogP contribution in [-0.4, -0.2) is 39.7 Å². The second-order valence-electron chi connectivity index (χ2n) is 3.17. The van der Waals surface area contributed by atoms with Crippen LogP contribution in [0.2, 0.25) is 0 Å². The van der Waals surface area contributed by atoms with E-state index in [4.69, 9.17) is 5.11 Å². The largest absolute Gasteiger partial charge is 0.480 e. The molecular formula is C8H13NO3S. The fraction of sp³-hybridized carbons (Fsp3) is 0.750. The van der Waals surface area contributed by atoms with Crippen LogP contribution in [0, 0.1) is 0 Å². The van der Waals surface area contributed by atoms with Gasteiger partial charge in [-0.25, -0.2) is 4.79 Å². The average Bonchev–Trinajstić information content (AvgIpc) is 2.31. The second-order valence-corrected chi connectivity index (χ2v) is 3.90. The Morgan fingerprint density at radius 3 is 2.77 bits per heavy atom. The molecule has 74 valence electrons. The van der Waals surface area contributed by atoms with E-state index in [1.807, 2.05) is 0 Å². The molecule has 5 heteroatoms. The summed E-state index contributed by atoms with van der Waals surface area (Å²) in [5.74, 6) is -1.03. The van der Waals surface area contributed by atoms with Crippen LogP contribution in [-0.2, 0) is 9.59 Å². The van der Waals surface area contributed by atoms with Gasteiger partial charge in [0.25, 0.3) is 0 Å². The molecule has 1 N–H and O–H groups in total. The number of aliphatic carboxylic acids is 1. The van der Waals surface area contributed by atoms with Gasteiger partial charge < -0.3 is 10.0 Å². The summed E-state index contributed by atoms with van der Waals surface area (Å²) in [6.45, 7) is 2.21. The van der Waals surface area contributed by atoms with Crippen molar-refractivity contribution in [1.82, 2.24) is 4.90 Å². The van der Waals surface area contributed by atoms with Crippen LogP contribution >= 0.6 is 12.6 Å². The number of hydrogen-bond donors (Lipinski definition) is 2. The molecule has 1 fully saturated rings. The van der Waals surface area contributed by atoms with Crippen LogP contribution in [0.25, 0.3) is 0 Å². The minimum absolute atomic E-state index is 0.0131. The van der Waals surface area contributed by atoms with Crippen molar-refractivity contribution in [3.8, 4) is 0 Å². The maximum atomic E-state index is 11.3. The fourth-order valence-corrected chi connectivity index (χ4v) is 1.87. The van der Waals surface area contributed by atoms with Crippen molar-refractivity contribution < 1.29 is 14.7 Å². The van der Waals surface area contributed by atoms with Gasteiger partial charge in [-0.1, -0.05) is 6.92 Å². The number of rotatable bonds is 3. The maximum Gasteiger partial charge on any atom is 0.326 e. The molecular weight excluding hydrogens is 190 g/mol. The van der Waals surface area contributed by atoms with E-state index in [-0.39, 0.29) is 11.2 Å². The average molecular weight is 203 g/mol. The topological polar surface area (TPSA) is 57.6 Å². The first kappa shape index (κ1) is 10.4. The SMILES string of the molecule is CC[C@@H](C(=O)O)N1CC(S)CC1=O. The minimum atomic E-state index is -0.932. The molecule has 1 rings (SSSR count). The summed E-state index contributed by atoms with van der Waals surface area (Å²) in [5, 5.41) is 8.81. The Kier molecular flexibility index (Phi) is 3.19. The Morgan fingerprint density at radius 2 is 2.46 bits per heavy atom. The number of carbonyl (C=O) groups excluding carboxylic acids is 1. The molecule has 0 aromatic heterocycles. The lowest BCUT2D eigenvalue weighted by Gasteiger charge is -2.22. The van der Waals surface area contributed by atoms with Gasteiger partial charge in [0.05, 0.1) is 0 Å². The van der Waals surface area contributed by atoms with Crippen LogP contribution in [0.4, 0.5) is 0 Å². The van der Waals surface area contributed by atoms with Crippen molar-refractivity contribution in [2.45, 2.75) is 31.1 Å². The van der Waals surface area contributed by atoms with Crippen molar-refractivity contribution >= 4 is 24.5 Å². The normalized spacial score (nSPS) is 24.9. The van der Waals surface area contributed by atoms with Gasteiger partial charge in [-0.2, -0.15) is 12.6 Å². The lowest BCUT2D eigenvalue weighted by molar-refractivity contribution is -0.148. The van der Waals surface area contributed by atoms with Crippen LogP contribution in [0.5, 0.6) is 0 Å². The zero-order valence-electron chi connectivity index (χ0n) is 7.43. The number of carboxylic acids is 1. The molecule has 0 aromatic rings. The second kappa shape index (κ2) is 4.00.